The maximum atomic E-state index is 11.8. The summed E-state index contributed by atoms with van der Waals surface area (Å²) in [7, 11) is 1.28. The average Bonchev–Trinajstić information content (AvgIpc) is 2.84. The third-order valence-corrected chi connectivity index (χ3v) is 4.02. The first-order valence-electron chi connectivity index (χ1n) is 5.84. The van der Waals surface area contributed by atoms with Gasteiger partial charge in [0.15, 0.2) is 0 Å². The van der Waals surface area contributed by atoms with E-state index < -0.39 is 12.0 Å². The van der Waals surface area contributed by atoms with Gasteiger partial charge in [-0.3, -0.25) is 14.4 Å². The van der Waals surface area contributed by atoms with E-state index in [1.54, 1.807) is 19.1 Å². The van der Waals surface area contributed by atoms with Gasteiger partial charge < -0.3 is 15.4 Å². The number of methoxy groups -OCH3 is 1. The predicted octanol–water partition coefficient (Wildman–Crippen LogP) is 1.31. The molecular weight excluding hydrogens is 348 g/mol. The highest BCUT2D eigenvalue weighted by Gasteiger charge is 2.17. The molecule has 1 aromatic rings. The first kappa shape index (κ1) is 16.6. The van der Waals surface area contributed by atoms with Gasteiger partial charge in [0.05, 0.1) is 22.2 Å². The molecule has 2 amide bonds. The van der Waals surface area contributed by atoms with Crippen molar-refractivity contribution in [1.82, 2.24) is 10.6 Å². The van der Waals surface area contributed by atoms with E-state index in [1.807, 2.05) is 0 Å². The molecule has 0 unspecified atom stereocenters. The van der Waals surface area contributed by atoms with Crippen molar-refractivity contribution in [2.45, 2.75) is 19.4 Å². The second-order valence-corrected chi connectivity index (χ2v) is 6.38. The van der Waals surface area contributed by atoms with Crippen molar-refractivity contribution < 1.29 is 19.1 Å². The van der Waals surface area contributed by atoms with Crippen molar-refractivity contribution in [3.8, 4) is 0 Å². The van der Waals surface area contributed by atoms with E-state index >= 15 is 0 Å². The van der Waals surface area contributed by atoms with Gasteiger partial charge in [0.1, 0.15) is 6.04 Å². The molecule has 1 heterocycles. The highest BCUT2D eigenvalue weighted by atomic mass is 79.9. The molecule has 0 aromatic carbocycles. The van der Waals surface area contributed by atoms with E-state index in [0.717, 1.165) is 3.79 Å². The molecule has 0 saturated heterocycles. The third kappa shape index (κ3) is 5.30. The summed E-state index contributed by atoms with van der Waals surface area (Å²) in [6.45, 7) is 1.75. The van der Waals surface area contributed by atoms with Crippen molar-refractivity contribution >= 4 is 45.1 Å². The molecule has 0 aliphatic carbocycles. The van der Waals surface area contributed by atoms with Crippen LogP contribution in [0.5, 0.6) is 0 Å². The highest BCUT2D eigenvalue weighted by molar-refractivity contribution is 9.11. The summed E-state index contributed by atoms with van der Waals surface area (Å²) in [6.07, 6.45) is 0.0980. The minimum atomic E-state index is -0.680. The molecule has 1 aromatic heterocycles. The van der Waals surface area contributed by atoms with Crippen LogP contribution in [0.3, 0.4) is 0 Å². The van der Waals surface area contributed by atoms with Gasteiger partial charge in [-0.1, -0.05) is 0 Å². The number of nitrogens with one attached hydrogen (secondary N) is 2. The van der Waals surface area contributed by atoms with E-state index in [1.165, 1.54) is 18.4 Å². The van der Waals surface area contributed by atoms with Gasteiger partial charge in [-0.2, -0.15) is 0 Å². The lowest BCUT2D eigenvalue weighted by molar-refractivity contribution is -0.140. The van der Waals surface area contributed by atoms with Crippen molar-refractivity contribution in [2.75, 3.05) is 13.7 Å². The summed E-state index contributed by atoms with van der Waals surface area (Å²) in [5, 5.41) is 5.13. The van der Waals surface area contributed by atoms with Crippen LogP contribution in [0.15, 0.2) is 15.9 Å². The highest BCUT2D eigenvalue weighted by Crippen LogP contribution is 2.21. The van der Waals surface area contributed by atoms with Gasteiger partial charge >= 0.3 is 5.97 Å². The number of carbonyl (C=O) groups is 3. The number of amides is 2. The third-order valence-electron chi connectivity index (χ3n) is 2.39. The van der Waals surface area contributed by atoms with Gasteiger partial charge in [-0.25, -0.2) is 0 Å². The van der Waals surface area contributed by atoms with Gasteiger partial charge in [0.2, 0.25) is 5.91 Å². The van der Waals surface area contributed by atoms with E-state index in [0.29, 0.717) is 4.88 Å². The Morgan fingerprint density at radius 2 is 2.10 bits per heavy atom. The molecule has 0 fully saturated rings. The summed E-state index contributed by atoms with van der Waals surface area (Å²) in [5.41, 5.74) is 0. The smallest absolute Gasteiger partial charge is 0.307 e. The van der Waals surface area contributed by atoms with Gasteiger partial charge in [0.25, 0.3) is 5.91 Å². The Morgan fingerprint density at radius 1 is 1.40 bits per heavy atom. The molecule has 0 aliphatic rings. The summed E-state index contributed by atoms with van der Waals surface area (Å²) < 4.78 is 5.30. The number of carbonyl (C=O) groups excluding carboxylic acids is 3. The summed E-state index contributed by atoms with van der Waals surface area (Å²) in [6, 6.07) is 2.76. The normalized spacial score (nSPS) is 11.6. The molecule has 6 nitrogen and oxygen atoms in total. The van der Waals surface area contributed by atoms with Crippen LogP contribution in [-0.4, -0.2) is 37.5 Å². The standard InChI is InChI=1S/C12H15BrN2O4S/c1-7(11(17)14-6-5-10(16)19-2)15-12(18)8-3-4-9(13)20-8/h3-4,7H,5-6H2,1-2H3,(H,14,17)(H,15,18)/t7-/m0/s1. The fraction of sp³-hybridized carbons (Fsp3) is 0.417. The molecule has 0 spiro atoms. The van der Waals surface area contributed by atoms with Gasteiger partial charge in [-0.15, -0.1) is 11.3 Å². The zero-order valence-electron chi connectivity index (χ0n) is 11.1. The van der Waals surface area contributed by atoms with Crippen molar-refractivity contribution in [2.24, 2.45) is 0 Å². The van der Waals surface area contributed by atoms with Crippen molar-refractivity contribution in [3.63, 3.8) is 0 Å². The minimum Gasteiger partial charge on any atom is -0.469 e. The molecular formula is C12H15BrN2O4S. The van der Waals surface area contributed by atoms with Crippen LogP contribution in [0, 0.1) is 0 Å². The Bertz CT molecular complexity index is 503. The van der Waals surface area contributed by atoms with E-state index in [2.05, 4.69) is 31.3 Å². The molecule has 1 rings (SSSR count). The quantitative estimate of drug-likeness (QED) is 0.747. The first-order valence-corrected chi connectivity index (χ1v) is 7.45. The molecule has 20 heavy (non-hydrogen) atoms. The second-order valence-electron chi connectivity index (χ2n) is 3.92. The maximum Gasteiger partial charge on any atom is 0.307 e. The van der Waals surface area contributed by atoms with Crippen LogP contribution in [0.4, 0.5) is 0 Å². The van der Waals surface area contributed by atoms with Crippen molar-refractivity contribution in [1.29, 1.82) is 0 Å². The lowest BCUT2D eigenvalue weighted by Crippen LogP contribution is -2.45. The molecule has 0 aliphatic heterocycles. The fourth-order valence-corrected chi connectivity index (χ4v) is 2.60. The minimum absolute atomic E-state index is 0.0980. The Labute approximate surface area is 129 Å². The molecule has 0 bridgehead atoms. The molecule has 1 atom stereocenters. The van der Waals surface area contributed by atoms with Crippen LogP contribution >= 0.6 is 27.3 Å². The summed E-state index contributed by atoms with van der Waals surface area (Å²) in [4.78, 5) is 34.9. The molecule has 0 radical (unpaired) electrons. The van der Waals surface area contributed by atoms with E-state index in [9.17, 15) is 14.4 Å². The first-order chi connectivity index (χ1) is 9.43. The van der Waals surface area contributed by atoms with Gasteiger partial charge in [-0.05, 0) is 35.0 Å². The Balaban J connectivity index is 2.38. The Hall–Kier alpha value is -1.41. The van der Waals surface area contributed by atoms with E-state index in [4.69, 9.17) is 0 Å². The van der Waals surface area contributed by atoms with Crippen LogP contribution in [0.1, 0.15) is 23.0 Å². The Morgan fingerprint density at radius 3 is 2.65 bits per heavy atom. The van der Waals surface area contributed by atoms with Gasteiger partial charge in [0, 0.05) is 6.54 Å². The summed E-state index contributed by atoms with van der Waals surface area (Å²) >= 11 is 4.55. The molecule has 110 valence electrons. The number of esters is 1. The monoisotopic (exact) mass is 362 g/mol. The van der Waals surface area contributed by atoms with Crippen LogP contribution < -0.4 is 10.6 Å². The Kier molecular flexibility index (Phi) is 6.66. The lowest BCUT2D eigenvalue weighted by atomic mass is 10.3. The number of hydrogen-bond acceptors (Lipinski definition) is 5. The topological polar surface area (TPSA) is 84.5 Å². The number of hydrogen-bond donors (Lipinski definition) is 2. The number of rotatable bonds is 6. The number of halogens is 1. The molecule has 8 heteroatoms. The lowest BCUT2D eigenvalue weighted by Gasteiger charge is -2.13. The number of ether oxygens (including phenoxy) is 1. The van der Waals surface area contributed by atoms with E-state index in [-0.39, 0.29) is 24.8 Å². The SMILES string of the molecule is COC(=O)CCNC(=O)[C@H](C)NC(=O)c1ccc(Br)s1. The average molecular weight is 363 g/mol. The zero-order valence-corrected chi connectivity index (χ0v) is 13.5. The van der Waals surface area contributed by atoms with Crippen LogP contribution in [0.25, 0.3) is 0 Å². The molecule has 0 saturated carbocycles. The second kappa shape index (κ2) is 8.01. The largest absolute Gasteiger partial charge is 0.469 e. The fourth-order valence-electron chi connectivity index (χ4n) is 1.31. The molecule has 2 N–H and O–H groups in total. The van der Waals surface area contributed by atoms with Crippen LogP contribution in [-0.2, 0) is 14.3 Å². The zero-order chi connectivity index (χ0) is 15.1. The maximum absolute atomic E-state index is 11.8. The van der Waals surface area contributed by atoms with Crippen LogP contribution in [0.2, 0.25) is 0 Å². The predicted molar refractivity (Wildman–Crippen MR) is 78.6 cm³/mol. The summed E-state index contributed by atoms with van der Waals surface area (Å²) in [5.74, 6) is -1.06. The van der Waals surface area contributed by atoms with Crippen molar-refractivity contribution in [3.05, 3.63) is 20.8 Å². The number of thiophene rings is 1.